The molecule has 2 saturated heterocycles. The summed E-state index contributed by atoms with van der Waals surface area (Å²) < 4.78 is 5.96. The first-order valence-electron chi connectivity index (χ1n) is 9.19. The Bertz CT molecular complexity index is 627. The summed E-state index contributed by atoms with van der Waals surface area (Å²) in [4.78, 5) is 26.1. The predicted octanol–water partition coefficient (Wildman–Crippen LogP) is 1.37. The number of nitrogens with one attached hydrogen (secondary N) is 2. The molecule has 2 fully saturated rings. The van der Waals surface area contributed by atoms with Crippen molar-refractivity contribution in [1.82, 2.24) is 15.5 Å². The SMILES string of the molecule is O=C(CN1CCC2(CC1)CC(=O)NCCO2)NCCc1ccc(Cl)cc1. The zero-order valence-corrected chi connectivity index (χ0v) is 15.7. The molecule has 3 rings (SSSR count). The van der Waals surface area contributed by atoms with Crippen molar-refractivity contribution in [1.29, 1.82) is 0 Å². The van der Waals surface area contributed by atoms with Gasteiger partial charge in [0.1, 0.15) is 0 Å². The van der Waals surface area contributed by atoms with Gasteiger partial charge in [0.25, 0.3) is 0 Å². The number of carbonyl (C=O) groups is 2. The average Bonchev–Trinajstić information content (AvgIpc) is 2.80. The summed E-state index contributed by atoms with van der Waals surface area (Å²) in [5.74, 6) is 0.102. The molecular weight excluding hydrogens is 354 g/mol. The van der Waals surface area contributed by atoms with Crippen LogP contribution in [0.4, 0.5) is 0 Å². The number of amides is 2. The molecule has 2 heterocycles. The standard InChI is InChI=1S/C19H26ClN3O3/c20-16-3-1-15(2-4-16)5-8-21-18(25)14-23-10-6-19(7-11-23)13-17(24)22-9-12-26-19/h1-4H,5-14H2,(H,21,25)(H,22,24). The van der Waals surface area contributed by atoms with Crippen LogP contribution in [0.2, 0.25) is 5.02 Å². The van der Waals surface area contributed by atoms with Gasteiger partial charge >= 0.3 is 0 Å². The first kappa shape index (κ1) is 19.1. The summed E-state index contributed by atoms with van der Waals surface area (Å²) in [6.45, 7) is 3.71. The zero-order chi connectivity index (χ0) is 18.4. The van der Waals surface area contributed by atoms with Gasteiger partial charge in [-0.1, -0.05) is 23.7 Å². The number of benzene rings is 1. The molecule has 2 aliphatic rings. The molecule has 2 aliphatic heterocycles. The Hall–Kier alpha value is -1.63. The van der Waals surface area contributed by atoms with Crippen molar-refractivity contribution >= 4 is 23.4 Å². The maximum atomic E-state index is 12.2. The molecule has 142 valence electrons. The monoisotopic (exact) mass is 379 g/mol. The second-order valence-corrected chi connectivity index (χ2v) is 7.50. The summed E-state index contributed by atoms with van der Waals surface area (Å²) in [6.07, 6.45) is 2.79. The minimum atomic E-state index is -0.345. The van der Waals surface area contributed by atoms with Gasteiger partial charge in [0, 0.05) is 31.2 Å². The van der Waals surface area contributed by atoms with Crippen LogP contribution in [0.3, 0.4) is 0 Å². The number of nitrogens with zero attached hydrogens (tertiary/aromatic N) is 1. The summed E-state index contributed by atoms with van der Waals surface area (Å²) >= 11 is 5.87. The van der Waals surface area contributed by atoms with Crippen molar-refractivity contribution in [2.75, 3.05) is 39.3 Å². The fraction of sp³-hybridized carbons (Fsp3) is 0.579. The Morgan fingerprint density at radius 2 is 2.00 bits per heavy atom. The van der Waals surface area contributed by atoms with Crippen LogP contribution in [0, 0.1) is 0 Å². The van der Waals surface area contributed by atoms with E-state index in [9.17, 15) is 9.59 Å². The van der Waals surface area contributed by atoms with E-state index in [1.165, 1.54) is 0 Å². The number of carbonyl (C=O) groups excluding carboxylic acids is 2. The number of hydrogen-bond acceptors (Lipinski definition) is 4. The van der Waals surface area contributed by atoms with Crippen LogP contribution in [-0.2, 0) is 20.7 Å². The van der Waals surface area contributed by atoms with Crippen molar-refractivity contribution in [2.24, 2.45) is 0 Å². The minimum Gasteiger partial charge on any atom is -0.373 e. The van der Waals surface area contributed by atoms with E-state index in [0.717, 1.165) is 42.9 Å². The lowest BCUT2D eigenvalue weighted by molar-refractivity contribution is -0.131. The van der Waals surface area contributed by atoms with Gasteiger partial charge in [0.2, 0.25) is 11.8 Å². The molecule has 0 saturated carbocycles. The Morgan fingerprint density at radius 3 is 2.73 bits per heavy atom. The minimum absolute atomic E-state index is 0.0365. The molecule has 1 aromatic rings. The molecule has 0 unspecified atom stereocenters. The highest BCUT2D eigenvalue weighted by Gasteiger charge is 2.39. The number of likely N-dealkylation sites (tertiary alicyclic amines) is 1. The van der Waals surface area contributed by atoms with Gasteiger partial charge in [-0.15, -0.1) is 0 Å². The lowest BCUT2D eigenvalue weighted by Crippen LogP contribution is -2.49. The van der Waals surface area contributed by atoms with Crippen LogP contribution in [0.1, 0.15) is 24.8 Å². The Kier molecular flexibility index (Phi) is 6.51. The second-order valence-electron chi connectivity index (χ2n) is 7.06. The second kappa shape index (κ2) is 8.84. The van der Waals surface area contributed by atoms with Gasteiger partial charge in [-0.2, -0.15) is 0 Å². The highest BCUT2D eigenvalue weighted by atomic mass is 35.5. The summed E-state index contributed by atoms with van der Waals surface area (Å²) in [6, 6.07) is 7.67. The third-order valence-corrected chi connectivity index (χ3v) is 5.35. The maximum absolute atomic E-state index is 12.2. The largest absolute Gasteiger partial charge is 0.373 e. The van der Waals surface area contributed by atoms with E-state index in [4.69, 9.17) is 16.3 Å². The van der Waals surface area contributed by atoms with Gasteiger partial charge in [0.15, 0.2) is 0 Å². The van der Waals surface area contributed by atoms with E-state index in [1.807, 2.05) is 24.3 Å². The van der Waals surface area contributed by atoms with Crippen LogP contribution in [-0.4, -0.2) is 61.6 Å². The van der Waals surface area contributed by atoms with E-state index >= 15 is 0 Å². The molecule has 0 atom stereocenters. The van der Waals surface area contributed by atoms with Gasteiger partial charge in [-0.05, 0) is 37.0 Å². The maximum Gasteiger partial charge on any atom is 0.234 e. The first-order chi connectivity index (χ1) is 12.5. The van der Waals surface area contributed by atoms with Crippen LogP contribution >= 0.6 is 11.6 Å². The lowest BCUT2D eigenvalue weighted by Gasteiger charge is -2.40. The molecule has 0 radical (unpaired) electrons. The Morgan fingerprint density at radius 1 is 1.27 bits per heavy atom. The van der Waals surface area contributed by atoms with E-state index in [0.29, 0.717) is 32.7 Å². The number of halogens is 1. The Labute approximate surface area is 159 Å². The third kappa shape index (κ3) is 5.43. The van der Waals surface area contributed by atoms with Crippen LogP contribution in [0.15, 0.2) is 24.3 Å². The quantitative estimate of drug-likeness (QED) is 0.810. The average molecular weight is 380 g/mol. The molecule has 0 bridgehead atoms. The molecular formula is C19H26ClN3O3. The van der Waals surface area contributed by atoms with E-state index < -0.39 is 0 Å². The van der Waals surface area contributed by atoms with Gasteiger partial charge in [-0.25, -0.2) is 0 Å². The van der Waals surface area contributed by atoms with Crippen molar-refractivity contribution in [3.63, 3.8) is 0 Å². The van der Waals surface area contributed by atoms with E-state index in [1.54, 1.807) is 0 Å². The van der Waals surface area contributed by atoms with Gasteiger partial charge in [-0.3, -0.25) is 14.5 Å². The fourth-order valence-corrected chi connectivity index (χ4v) is 3.69. The first-order valence-corrected chi connectivity index (χ1v) is 9.57. The molecule has 0 aromatic heterocycles. The summed E-state index contributed by atoms with van der Waals surface area (Å²) in [7, 11) is 0. The molecule has 2 amide bonds. The molecule has 26 heavy (non-hydrogen) atoms. The zero-order valence-electron chi connectivity index (χ0n) is 14.9. The Balaban J connectivity index is 1.37. The molecule has 1 aromatic carbocycles. The normalized spacial score (nSPS) is 20.4. The number of piperidine rings is 1. The van der Waals surface area contributed by atoms with Crippen LogP contribution < -0.4 is 10.6 Å². The summed E-state index contributed by atoms with van der Waals surface area (Å²) in [5.41, 5.74) is 0.806. The van der Waals surface area contributed by atoms with Crippen molar-refractivity contribution in [3.8, 4) is 0 Å². The van der Waals surface area contributed by atoms with Gasteiger partial charge < -0.3 is 15.4 Å². The molecule has 6 nitrogen and oxygen atoms in total. The van der Waals surface area contributed by atoms with Crippen LogP contribution in [0.5, 0.6) is 0 Å². The van der Waals surface area contributed by atoms with Crippen molar-refractivity contribution < 1.29 is 14.3 Å². The van der Waals surface area contributed by atoms with Crippen molar-refractivity contribution in [3.05, 3.63) is 34.9 Å². The predicted molar refractivity (Wildman–Crippen MR) is 100 cm³/mol. The highest BCUT2D eigenvalue weighted by Crippen LogP contribution is 2.30. The number of hydrogen-bond donors (Lipinski definition) is 2. The number of rotatable bonds is 5. The molecule has 1 spiro atoms. The molecule has 7 heteroatoms. The third-order valence-electron chi connectivity index (χ3n) is 5.10. The van der Waals surface area contributed by atoms with E-state index in [2.05, 4.69) is 15.5 Å². The molecule has 0 aliphatic carbocycles. The lowest BCUT2D eigenvalue weighted by atomic mass is 9.87. The molecule has 2 N–H and O–H groups in total. The smallest absolute Gasteiger partial charge is 0.234 e. The van der Waals surface area contributed by atoms with Crippen LogP contribution in [0.25, 0.3) is 0 Å². The van der Waals surface area contributed by atoms with E-state index in [-0.39, 0.29) is 17.4 Å². The fourth-order valence-electron chi connectivity index (χ4n) is 3.56. The highest BCUT2D eigenvalue weighted by molar-refractivity contribution is 6.30. The van der Waals surface area contributed by atoms with Crippen molar-refractivity contribution in [2.45, 2.75) is 31.3 Å². The van der Waals surface area contributed by atoms with Gasteiger partial charge in [0.05, 0.1) is 25.2 Å². The number of ether oxygens (including phenoxy) is 1. The summed E-state index contributed by atoms with van der Waals surface area (Å²) in [5, 5.41) is 6.54. The topological polar surface area (TPSA) is 70.7 Å².